The second-order valence-corrected chi connectivity index (χ2v) is 6.02. The normalized spacial score (nSPS) is 27.0. The number of aliphatic hydroxyl groups is 2. The number of benzene rings is 1. The molecule has 0 amide bonds. The van der Waals surface area contributed by atoms with Crippen LogP contribution in [0.15, 0.2) is 30.4 Å². The lowest BCUT2D eigenvalue weighted by Gasteiger charge is -2.16. The predicted molar refractivity (Wildman–Crippen MR) is 94.0 cm³/mol. The van der Waals surface area contributed by atoms with E-state index in [0.717, 1.165) is 6.08 Å². The summed E-state index contributed by atoms with van der Waals surface area (Å²) in [6, 6.07) is 2.84. The highest BCUT2D eigenvalue weighted by Gasteiger charge is 2.23. The topological polar surface area (TPSA) is 113 Å². The maximum absolute atomic E-state index is 12.4. The van der Waals surface area contributed by atoms with Gasteiger partial charge >= 0.3 is 5.97 Å². The van der Waals surface area contributed by atoms with Gasteiger partial charge < -0.3 is 24.8 Å². The first-order chi connectivity index (χ1) is 12.3. The zero-order valence-corrected chi connectivity index (χ0v) is 14.6. The van der Waals surface area contributed by atoms with E-state index in [4.69, 9.17) is 9.47 Å². The van der Waals surface area contributed by atoms with Crippen molar-refractivity contribution in [2.75, 3.05) is 7.11 Å². The van der Waals surface area contributed by atoms with Crippen LogP contribution in [0.1, 0.15) is 35.7 Å². The van der Waals surface area contributed by atoms with Gasteiger partial charge in [0.1, 0.15) is 29.3 Å². The van der Waals surface area contributed by atoms with E-state index in [0.29, 0.717) is 11.3 Å². The van der Waals surface area contributed by atoms with E-state index in [1.165, 1.54) is 37.5 Å². The largest absolute Gasteiger partial charge is 0.507 e. The molecule has 7 nitrogen and oxygen atoms in total. The molecule has 0 radical (unpaired) electrons. The fourth-order valence-corrected chi connectivity index (χ4v) is 2.51. The van der Waals surface area contributed by atoms with Gasteiger partial charge in [0.15, 0.2) is 5.78 Å². The van der Waals surface area contributed by atoms with Crippen molar-refractivity contribution < 1.29 is 34.4 Å². The summed E-state index contributed by atoms with van der Waals surface area (Å²) in [5.41, 5.74) is 0.306. The molecule has 140 valence electrons. The molecule has 0 bridgehead atoms. The monoisotopic (exact) mass is 362 g/mol. The fraction of sp³-hybridized carbons (Fsp3) is 0.368. The maximum Gasteiger partial charge on any atom is 0.342 e. The van der Waals surface area contributed by atoms with E-state index in [-0.39, 0.29) is 24.2 Å². The summed E-state index contributed by atoms with van der Waals surface area (Å²) in [5, 5.41) is 30.0. The Bertz CT molecular complexity index is 736. The number of methoxy groups -OCH3 is 1. The van der Waals surface area contributed by atoms with Crippen molar-refractivity contribution >= 4 is 17.8 Å². The van der Waals surface area contributed by atoms with Crippen molar-refractivity contribution in [3.63, 3.8) is 0 Å². The number of esters is 1. The number of hydrogen-bond donors (Lipinski definition) is 3. The molecule has 1 aliphatic heterocycles. The van der Waals surface area contributed by atoms with Gasteiger partial charge in [-0.1, -0.05) is 18.2 Å². The number of ketones is 1. The van der Waals surface area contributed by atoms with Gasteiger partial charge in [0.2, 0.25) is 0 Å². The number of fused-ring (bicyclic) bond motifs is 1. The Morgan fingerprint density at radius 3 is 2.50 bits per heavy atom. The molecule has 2 rings (SSSR count). The second kappa shape index (κ2) is 8.64. The van der Waals surface area contributed by atoms with Crippen LogP contribution in [0.4, 0.5) is 0 Å². The first-order valence-corrected chi connectivity index (χ1v) is 8.18. The Hall–Kier alpha value is -2.64. The summed E-state index contributed by atoms with van der Waals surface area (Å²) in [6.45, 7) is 1.64. The first kappa shape index (κ1) is 19.7. The van der Waals surface area contributed by atoms with Crippen molar-refractivity contribution in [2.45, 2.75) is 38.1 Å². The highest BCUT2D eigenvalue weighted by molar-refractivity contribution is 5.97. The lowest BCUT2D eigenvalue weighted by atomic mass is 10.0. The molecule has 0 aliphatic carbocycles. The number of carbonyl (C=O) groups is 2. The number of carbonyl (C=O) groups excluding carboxylic acids is 2. The lowest BCUT2D eigenvalue weighted by Crippen LogP contribution is -2.32. The smallest absolute Gasteiger partial charge is 0.342 e. The Labute approximate surface area is 151 Å². The van der Waals surface area contributed by atoms with Gasteiger partial charge in [0.25, 0.3) is 0 Å². The number of phenolic OH excluding ortho intramolecular Hbond substituents is 1. The number of rotatable bonds is 1. The Kier molecular flexibility index (Phi) is 6.54. The molecule has 0 fully saturated rings. The number of aliphatic hydroxyl groups excluding tert-OH is 2. The van der Waals surface area contributed by atoms with Gasteiger partial charge in [-0.2, -0.15) is 0 Å². The molecule has 7 heteroatoms. The molecule has 0 aromatic heterocycles. The molecule has 0 unspecified atom stereocenters. The highest BCUT2D eigenvalue weighted by Crippen LogP contribution is 2.30. The SMILES string of the molecule is COc1cc(O)c2c(c1)/C=C\C[C@H](O)[C@H](O)C(=O)/C=C\C[C@@H](C)OC2=O. The van der Waals surface area contributed by atoms with E-state index in [1.807, 2.05) is 0 Å². The number of cyclic esters (lactones) is 1. The van der Waals surface area contributed by atoms with E-state index in [2.05, 4.69) is 0 Å². The van der Waals surface area contributed by atoms with Crippen LogP contribution in [0.5, 0.6) is 11.5 Å². The standard InChI is InChI=1S/C19H22O7/c1-11-5-3-7-14(20)18(23)15(21)8-4-6-12-9-13(25-2)10-16(22)17(12)19(24)26-11/h3-4,6-7,9-11,15,18,21-23H,5,8H2,1-2H3/b6-4-,7-3-/t11-,15+,18-/m1/s1. The third-order valence-electron chi connectivity index (χ3n) is 3.95. The number of ether oxygens (including phenoxy) is 2. The summed E-state index contributed by atoms with van der Waals surface area (Å²) < 4.78 is 10.4. The Morgan fingerprint density at radius 2 is 1.81 bits per heavy atom. The van der Waals surface area contributed by atoms with Crippen LogP contribution in [-0.2, 0) is 9.53 Å². The van der Waals surface area contributed by atoms with E-state index in [1.54, 1.807) is 6.92 Å². The third kappa shape index (κ3) is 4.71. The van der Waals surface area contributed by atoms with Gasteiger partial charge in [0.05, 0.1) is 13.2 Å². The average molecular weight is 362 g/mol. The minimum absolute atomic E-state index is 0.0242. The molecule has 0 spiro atoms. The molecule has 0 saturated heterocycles. The van der Waals surface area contributed by atoms with Gasteiger partial charge in [-0.3, -0.25) is 4.79 Å². The van der Waals surface area contributed by atoms with Crippen LogP contribution in [0, 0.1) is 0 Å². The summed E-state index contributed by atoms with van der Waals surface area (Å²) >= 11 is 0. The molecule has 3 atom stereocenters. The summed E-state index contributed by atoms with van der Waals surface area (Å²) in [4.78, 5) is 24.3. The van der Waals surface area contributed by atoms with Crippen LogP contribution < -0.4 is 4.74 Å². The fourth-order valence-electron chi connectivity index (χ4n) is 2.51. The van der Waals surface area contributed by atoms with Crippen LogP contribution in [0.3, 0.4) is 0 Å². The van der Waals surface area contributed by atoms with Crippen molar-refractivity contribution in [1.82, 2.24) is 0 Å². The van der Waals surface area contributed by atoms with Gasteiger partial charge in [0, 0.05) is 12.5 Å². The second-order valence-electron chi connectivity index (χ2n) is 6.02. The molecule has 1 heterocycles. The maximum atomic E-state index is 12.4. The van der Waals surface area contributed by atoms with E-state index in [9.17, 15) is 24.9 Å². The van der Waals surface area contributed by atoms with Crippen molar-refractivity contribution in [1.29, 1.82) is 0 Å². The molecular weight excluding hydrogens is 340 g/mol. The van der Waals surface area contributed by atoms with E-state index < -0.39 is 30.1 Å². The molecular formula is C19H22O7. The number of aromatic hydroxyl groups is 1. The summed E-state index contributed by atoms with van der Waals surface area (Å²) in [6.07, 6.45) is 2.42. The molecule has 1 aromatic rings. The minimum Gasteiger partial charge on any atom is -0.507 e. The molecule has 1 aliphatic rings. The van der Waals surface area contributed by atoms with Crippen LogP contribution in [0.2, 0.25) is 0 Å². The van der Waals surface area contributed by atoms with Crippen LogP contribution in [0.25, 0.3) is 6.08 Å². The molecule has 3 N–H and O–H groups in total. The Balaban J connectivity index is 2.45. The summed E-state index contributed by atoms with van der Waals surface area (Å²) in [5.74, 6) is -1.29. The van der Waals surface area contributed by atoms with Crippen molar-refractivity contribution in [2.24, 2.45) is 0 Å². The highest BCUT2D eigenvalue weighted by atomic mass is 16.5. The lowest BCUT2D eigenvalue weighted by molar-refractivity contribution is -0.127. The Morgan fingerprint density at radius 1 is 1.12 bits per heavy atom. The van der Waals surface area contributed by atoms with Gasteiger partial charge in [-0.05, 0) is 31.1 Å². The van der Waals surface area contributed by atoms with Crippen molar-refractivity contribution in [3.05, 3.63) is 41.5 Å². The molecule has 1 aromatic carbocycles. The third-order valence-corrected chi connectivity index (χ3v) is 3.95. The molecule has 0 saturated carbocycles. The van der Waals surface area contributed by atoms with Crippen LogP contribution >= 0.6 is 0 Å². The number of phenols is 1. The number of hydrogen-bond acceptors (Lipinski definition) is 7. The zero-order chi connectivity index (χ0) is 19.3. The van der Waals surface area contributed by atoms with Gasteiger partial charge in [-0.25, -0.2) is 4.79 Å². The molecule has 26 heavy (non-hydrogen) atoms. The van der Waals surface area contributed by atoms with E-state index >= 15 is 0 Å². The van der Waals surface area contributed by atoms with Crippen molar-refractivity contribution in [3.8, 4) is 11.5 Å². The minimum atomic E-state index is -1.55. The first-order valence-electron chi connectivity index (χ1n) is 8.18. The van der Waals surface area contributed by atoms with Crippen LogP contribution in [-0.4, -0.2) is 52.5 Å². The quantitative estimate of drug-likeness (QED) is 0.650. The summed E-state index contributed by atoms with van der Waals surface area (Å²) in [7, 11) is 1.42. The van der Waals surface area contributed by atoms with Gasteiger partial charge in [-0.15, -0.1) is 0 Å². The predicted octanol–water partition coefficient (Wildman–Crippen LogP) is 1.60. The zero-order valence-electron chi connectivity index (χ0n) is 14.6. The average Bonchev–Trinajstić information content (AvgIpc) is 2.59.